The van der Waals surface area contributed by atoms with Gasteiger partial charge in [0.25, 0.3) is 11.1 Å². The Bertz CT molecular complexity index is 2810. The quantitative estimate of drug-likeness (QED) is 0.148. The van der Waals surface area contributed by atoms with Gasteiger partial charge in [-0.25, -0.2) is 9.18 Å². The van der Waals surface area contributed by atoms with Gasteiger partial charge in [0.1, 0.15) is 17.0 Å². The summed E-state index contributed by atoms with van der Waals surface area (Å²) >= 11 is 0. The molecule has 2 aromatic heterocycles. The average molecular weight is 857 g/mol. The number of fused-ring (bicyclic) bond motifs is 1. The number of likely N-dealkylation sites (tertiary alicyclic amines) is 1. The van der Waals surface area contributed by atoms with Gasteiger partial charge in [0, 0.05) is 62.0 Å². The second kappa shape index (κ2) is 17.1. The summed E-state index contributed by atoms with van der Waals surface area (Å²) in [6.07, 6.45) is 5.79. The summed E-state index contributed by atoms with van der Waals surface area (Å²) in [6.45, 7) is 7.87. The molecule has 9 rings (SSSR count). The van der Waals surface area contributed by atoms with Crippen molar-refractivity contribution < 1.29 is 18.8 Å². The van der Waals surface area contributed by atoms with Crippen LogP contribution in [0.25, 0.3) is 16.6 Å². The zero-order chi connectivity index (χ0) is 44.1. The molecule has 15 heteroatoms. The first-order valence-corrected chi connectivity index (χ1v) is 22.1. The number of halogens is 1. The van der Waals surface area contributed by atoms with Crippen LogP contribution in [0.1, 0.15) is 80.0 Å². The number of piperidine rings is 3. The number of hydrogen-bond acceptors (Lipinski definition) is 9. The van der Waals surface area contributed by atoms with Crippen molar-refractivity contribution in [2.24, 2.45) is 18.9 Å². The first kappa shape index (κ1) is 42.0. The van der Waals surface area contributed by atoms with Crippen LogP contribution in [0, 0.1) is 31.5 Å². The Balaban J connectivity index is 0.860. The van der Waals surface area contributed by atoms with Crippen LogP contribution >= 0.6 is 0 Å². The molecule has 1 unspecified atom stereocenters. The van der Waals surface area contributed by atoms with Crippen molar-refractivity contribution in [3.63, 3.8) is 0 Å². The zero-order valence-electron chi connectivity index (χ0n) is 35.9. The number of aryl methyl sites for hydroxylation is 2. The van der Waals surface area contributed by atoms with Gasteiger partial charge in [-0.05, 0) is 131 Å². The Morgan fingerprint density at radius 1 is 0.810 bits per heavy atom. The van der Waals surface area contributed by atoms with Crippen molar-refractivity contribution in [2.45, 2.75) is 77.2 Å². The van der Waals surface area contributed by atoms with E-state index in [1.165, 1.54) is 26.8 Å². The van der Waals surface area contributed by atoms with Gasteiger partial charge in [0.15, 0.2) is 0 Å². The van der Waals surface area contributed by atoms with E-state index in [4.69, 9.17) is 0 Å². The summed E-state index contributed by atoms with van der Waals surface area (Å²) in [5.74, 6) is -0.901. The van der Waals surface area contributed by atoms with Gasteiger partial charge >= 0.3 is 5.69 Å². The van der Waals surface area contributed by atoms with Gasteiger partial charge in [-0.3, -0.25) is 43.0 Å². The molecular weight excluding hydrogens is 804 g/mol. The third kappa shape index (κ3) is 8.33. The molecule has 1 aliphatic carbocycles. The summed E-state index contributed by atoms with van der Waals surface area (Å²) < 4.78 is 19.0. The van der Waals surface area contributed by atoms with Crippen LogP contribution in [0.2, 0.25) is 0 Å². The van der Waals surface area contributed by atoms with Crippen LogP contribution in [-0.4, -0.2) is 69.0 Å². The maximum Gasteiger partial charge on any atom is 0.336 e. The first-order chi connectivity index (χ1) is 30.3. The number of nitrogens with one attached hydrogen (secondary N) is 3. The second-order valence-electron chi connectivity index (χ2n) is 17.8. The maximum absolute atomic E-state index is 15.2. The smallest absolute Gasteiger partial charge is 0.336 e. The van der Waals surface area contributed by atoms with Crippen LogP contribution in [0.5, 0.6) is 0 Å². The van der Waals surface area contributed by atoms with E-state index in [0.29, 0.717) is 48.5 Å². The van der Waals surface area contributed by atoms with Crippen molar-refractivity contribution in [1.29, 1.82) is 0 Å². The lowest BCUT2D eigenvalue weighted by Gasteiger charge is -2.38. The van der Waals surface area contributed by atoms with Crippen molar-refractivity contribution >= 4 is 51.5 Å². The number of imide groups is 1. The number of hydrogen-bond donors (Lipinski definition) is 3. The number of anilines is 4. The van der Waals surface area contributed by atoms with E-state index < -0.39 is 22.6 Å². The molecule has 5 aromatic rings. The highest BCUT2D eigenvalue weighted by atomic mass is 19.1. The Morgan fingerprint density at radius 3 is 2.22 bits per heavy atom. The number of benzene rings is 3. The number of rotatable bonds is 10. The van der Waals surface area contributed by atoms with Gasteiger partial charge in [-0.2, -0.15) is 0 Å². The van der Waals surface area contributed by atoms with Gasteiger partial charge in [-0.1, -0.05) is 24.3 Å². The van der Waals surface area contributed by atoms with Gasteiger partial charge in [-0.15, -0.1) is 0 Å². The molecule has 4 aliphatic rings. The highest BCUT2D eigenvalue weighted by Gasteiger charge is 2.33. The van der Waals surface area contributed by atoms with Crippen molar-refractivity contribution in [2.75, 3.05) is 48.3 Å². The fourth-order valence-corrected chi connectivity index (χ4v) is 9.72. The summed E-state index contributed by atoms with van der Waals surface area (Å²) in [4.78, 5) is 84.8. The van der Waals surface area contributed by atoms with Crippen LogP contribution in [0.4, 0.5) is 27.3 Å². The molecule has 0 bridgehead atoms. The zero-order valence-corrected chi connectivity index (χ0v) is 35.9. The topological polar surface area (TPSA) is 160 Å². The SMILES string of the molecule is Cc1ccc(Nc2c3c(=O)n(C4CC4)c(=O)n(-c4cccc(NC(=O)C5CCN(CC6CCN(c7ccc(C8CCC(=O)NC8=O)cc7)CC6)CC5)c4)c3c(C)c(=O)n2C)c(F)c1. The Hall–Kier alpha value is -6.35. The Labute approximate surface area is 363 Å². The molecule has 3 N–H and O–H groups in total. The number of pyridine rings is 1. The monoisotopic (exact) mass is 856 g/mol. The van der Waals surface area contributed by atoms with Gasteiger partial charge in [0.2, 0.25) is 17.7 Å². The number of amides is 3. The highest BCUT2D eigenvalue weighted by molar-refractivity contribution is 6.01. The van der Waals surface area contributed by atoms with E-state index in [0.717, 1.165) is 69.7 Å². The number of aromatic nitrogens is 3. The molecule has 1 atom stereocenters. The molecular formula is C48H53FN8O6. The van der Waals surface area contributed by atoms with Crippen LogP contribution in [0.3, 0.4) is 0 Å². The molecule has 328 valence electrons. The fourth-order valence-electron chi connectivity index (χ4n) is 9.72. The molecule has 3 aliphatic heterocycles. The predicted octanol–water partition coefficient (Wildman–Crippen LogP) is 5.77. The molecule has 3 aromatic carbocycles. The Kier molecular flexibility index (Phi) is 11.4. The maximum atomic E-state index is 15.2. The van der Waals surface area contributed by atoms with E-state index in [9.17, 15) is 28.8 Å². The molecule has 5 heterocycles. The predicted molar refractivity (Wildman–Crippen MR) is 241 cm³/mol. The summed E-state index contributed by atoms with van der Waals surface area (Å²) in [5, 5.41) is 8.62. The van der Waals surface area contributed by atoms with Gasteiger partial charge in [0.05, 0.1) is 22.8 Å². The van der Waals surface area contributed by atoms with Crippen LogP contribution in [-0.2, 0) is 21.4 Å². The van der Waals surface area contributed by atoms with Crippen molar-refractivity contribution in [1.82, 2.24) is 23.9 Å². The van der Waals surface area contributed by atoms with Crippen LogP contribution < -0.4 is 37.7 Å². The minimum Gasteiger partial charge on any atom is -0.372 e. The lowest BCUT2D eigenvalue weighted by atomic mass is 9.90. The molecule has 3 saturated heterocycles. The van der Waals surface area contributed by atoms with E-state index in [-0.39, 0.29) is 63.6 Å². The van der Waals surface area contributed by atoms with E-state index >= 15 is 4.39 Å². The standard InChI is InChI=1S/C48H53FN8O6/c1-28-7-15-39(38(49)25-28)51-43-41-42(29(2)46(61)53(43)3)56(48(63)57(47(41)62)35-12-13-35)36-6-4-5-33(26-36)50-44(59)32-19-21-54(22-20-32)27-30-17-23-55(24-18-30)34-10-8-31(9-11-34)37-14-16-40(58)52-45(37)60/h4-11,15,25-26,30,32,35,37,51H,12-14,16-24,27H2,1-3H3,(H,50,59)(H,52,58,60). The molecule has 0 spiro atoms. The van der Waals surface area contributed by atoms with Crippen LogP contribution in [0.15, 0.2) is 81.1 Å². The second-order valence-corrected chi connectivity index (χ2v) is 17.8. The lowest BCUT2D eigenvalue weighted by Crippen LogP contribution is -2.43. The minimum absolute atomic E-state index is 0.0772. The molecule has 63 heavy (non-hydrogen) atoms. The van der Waals surface area contributed by atoms with Crippen molar-refractivity contribution in [3.8, 4) is 5.69 Å². The minimum atomic E-state index is -0.582. The average Bonchev–Trinajstić information content (AvgIpc) is 4.11. The molecule has 3 amide bonds. The largest absolute Gasteiger partial charge is 0.372 e. The summed E-state index contributed by atoms with van der Waals surface area (Å²) in [7, 11) is 1.51. The number of carbonyl (C=O) groups excluding carboxylic acids is 3. The first-order valence-electron chi connectivity index (χ1n) is 22.1. The van der Waals surface area contributed by atoms with E-state index in [1.54, 1.807) is 50.2 Å². The Morgan fingerprint density at radius 2 is 1.54 bits per heavy atom. The van der Waals surface area contributed by atoms with E-state index in [2.05, 4.69) is 37.9 Å². The third-order valence-electron chi connectivity index (χ3n) is 13.5. The number of nitrogens with zero attached hydrogens (tertiary/aromatic N) is 5. The summed E-state index contributed by atoms with van der Waals surface area (Å²) in [5.41, 5.74) is 2.47. The molecule has 0 radical (unpaired) electrons. The summed E-state index contributed by atoms with van der Waals surface area (Å²) in [6, 6.07) is 19.4. The molecule has 1 saturated carbocycles. The van der Waals surface area contributed by atoms with E-state index in [1.807, 2.05) is 12.1 Å². The number of carbonyl (C=O) groups is 3. The van der Waals surface area contributed by atoms with Gasteiger partial charge < -0.3 is 20.4 Å². The highest BCUT2D eigenvalue weighted by Crippen LogP contribution is 2.35. The lowest BCUT2D eigenvalue weighted by molar-refractivity contribution is -0.134. The molecule has 14 nitrogen and oxygen atoms in total. The van der Waals surface area contributed by atoms with Crippen molar-refractivity contribution in [3.05, 3.63) is 120 Å². The normalized spacial score (nSPS) is 19.0. The molecule has 4 fully saturated rings. The third-order valence-corrected chi connectivity index (χ3v) is 13.5. The fraction of sp³-hybridized carbons (Fsp3) is 0.417.